The van der Waals surface area contributed by atoms with E-state index in [2.05, 4.69) is 200 Å². The minimum atomic E-state index is 0.645. The zero-order valence-corrected chi connectivity index (χ0v) is 32.4. The smallest absolute Gasteiger partial charge is 0.164 e. The first-order chi connectivity index (χ1) is 29.7. The van der Waals surface area contributed by atoms with Crippen molar-refractivity contribution in [3.05, 3.63) is 200 Å². The summed E-state index contributed by atoms with van der Waals surface area (Å²) in [6.07, 6.45) is 0. The van der Waals surface area contributed by atoms with Gasteiger partial charge >= 0.3 is 0 Å². The van der Waals surface area contributed by atoms with Crippen LogP contribution in [0.1, 0.15) is 0 Å². The number of aromatic nitrogens is 3. The van der Waals surface area contributed by atoms with Gasteiger partial charge in [0, 0.05) is 16.7 Å². The minimum Gasteiger partial charge on any atom is -0.208 e. The van der Waals surface area contributed by atoms with Crippen molar-refractivity contribution in [3.63, 3.8) is 0 Å². The summed E-state index contributed by atoms with van der Waals surface area (Å²) in [4.78, 5) is 16.5. The third-order valence-electron chi connectivity index (χ3n) is 12.5. The lowest BCUT2D eigenvalue weighted by Crippen LogP contribution is -2.02. The number of hydrogen-bond acceptors (Lipinski definition) is 3. The van der Waals surface area contributed by atoms with Crippen molar-refractivity contribution in [2.24, 2.45) is 0 Å². The molecule has 0 atom stereocenters. The predicted octanol–water partition coefficient (Wildman–Crippen LogP) is 15.3. The molecule has 13 aromatic rings. The van der Waals surface area contributed by atoms with E-state index in [0.29, 0.717) is 17.5 Å². The maximum atomic E-state index is 5.50. The molecule has 0 saturated heterocycles. The molecule has 1 heterocycles. The zero-order chi connectivity index (χ0) is 39.3. The van der Waals surface area contributed by atoms with Gasteiger partial charge in [-0.3, -0.25) is 0 Å². The van der Waals surface area contributed by atoms with Gasteiger partial charge in [-0.25, -0.2) is 15.0 Å². The SMILES string of the molecule is c1ccc2cc3c(cc(-c4nc(-c5cc6cc7ccccc7cc6c6ccccc56)nc(-c5cc6cc7ccccc7cc6c6ccccc56)n4)c4ccccc43)cc2c1. The van der Waals surface area contributed by atoms with Gasteiger partial charge in [-0.15, -0.1) is 0 Å². The summed E-state index contributed by atoms with van der Waals surface area (Å²) in [5.74, 6) is 1.94. The van der Waals surface area contributed by atoms with Crippen molar-refractivity contribution in [2.45, 2.75) is 0 Å². The molecule has 276 valence electrons. The van der Waals surface area contributed by atoms with Crippen LogP contribution in [-0.2, 0) is 0 Å². The first-order valence-corrected chi connectivity index (χ1v) is 20.5. The summed E-state index contributed by atoms with van der Waals surface area (Å²) in [5, 5.41) is 21.2. The van der Waals surface area contributed by atoms with E-state index in [0.717, 1.165) is 49.0 Å². The third kappa shape index (κ3) is 5.06. The highest BCUT2D eigenvalue weighted by Gasteiger charge is 2.20. The standard InChI is InChI=1S/C57H33N3/c1-4-16-37-28-49-40(25-34(37)13-1)31-52(46-22-10-7-19-43(46)49)55-58-56(53-32-41-26-35-14-2-5-17-38(35)29-50(41)44-20-8-11-23-47(44)53)60-57(59-55)54-33-42-27-36-15-3-6-18-39(36)30-51(42)45-21-9-12-24-48(45)54/h1-33H. The second-order valence-corrected chi connectivity index (χ2v) is 16.0. The van der Waals surface area contributed by atoms with Crippen molar-refractivity contribution in [2.75, 3.05) is 0 Å². The summed E-state index contributed by atoms with van der Waals surface area (Å²) < 4.78 is 0. The molecule has 60 heavy (non-hydrogen) atoms. The van der Waals surface area contributed by atoms with E-state index in [4.69, 9.17) is 15.0 Å². The first-order valence-electron chi connectivity index (χ1n) is 20.5. The molecular weight excluding hydrogens is 727 g/mol. The molecule has 12 aromatic carbocycles. The molecule has 0 spiro atoms. The monoisotopic (exact) mass is 759 g/mol. The van der Waals surface area contributed by atoms with Gasteiger partial charge in [0.15, 0.2) is 17.5 Å². The van der Waals surface area contributed by atoms with Gasteiger partial charge < -0.3 is 0 Å². The van der Waals surface area contributed by atoms with E-state index >= 15 is 0 Å². The van der Waals surface area contributed by atoms with Gasteiger partial charge in [-0.1, -0.05) is 146 Å². The highest BCUT2D eigenvalue weighted by atomic mass is 15.0. The van der Waals surface area contributed by atoms with Crippen LogP contribution in [0.5, 0.6) is 0 Å². The molecule has 0 amide bonds. The molecule has 0 unspecified atom stereocenters. The van der Waals surface area contributed by atoms with Crippen molar-refractivity contribution in [3.8, 4) is 34.2 Å². The second-order valence-electron chi connectivity index (χ2n) is 16.0. The Morgan fingerprint density at radius 2 is 0.417 bits per heavy atom. The molecule has 0 bridgehead atoms. The van der Waals surface area contributed by atoms with E-state index in [-0.39, 0.29) is 0 Å². The van der Waals surface area contributed by atoms with Crippen LogP contribution in [0, 0.1) is 0 Å². The summed E-state index contributed by atoms with van der Waals surface area (Å²) >= 11 is 0. The van der Waals surface area contributed by atoms with Crippen LogP contribution >= 0.6 is 0 Å². The molecule has 3 heteroatoms. The number of benzene rings is 12. The molecule has 0 aliphatic rings. The molecule has 0 aliphatic heterocycles. The Morgan fingerprint density at radius 1 is 0.183 bits per heavy atom. The van der Waals surface area contributed by atoms with E-state index < -0.39 is 0 Å². The first kappa shape index (κ1) is 33.0. The topological polar surface area (TPSA) is 38.7 Å². The van der Waals surface area contributed by atoms with Gasteiger partial charge in [0.1, 0.15) is 0 Å². The maximum Gasteiger partial charge on any atom is 0.164 e. The normalized spacial score (nSPS) is 12.0. The average Bonchev–Trinajstić information content (AvgIpc) is 3.31. The highest BCUT2D eigenvalue weighted by molar-refractivity contribution is 6.19. The highest BCUT2D eigenvalue weighted by Crippen LogP contribution is 2.41. The Kier molecular flexibility index (Phi) is 7.01. The van der Waals surface area contributed by atoms with Crippen LogP contribution < -0.4 is 0 Å². The zero-order valence-electron chi connectivity index (χ0n) is 32.4. The van der Waals surface area contributed by atoms with Gasteiger partial charge in [0.25, 0.3) is 0 Å². The van der Waals surface area contributed by atoms with E-state index in [1.54, 1.807) is 0 Å². The Hall–Kier alpha value is -8.01. The van der Waals surface area contributed by atoms with E-state index in [9.17, 15) is 0 Å². The van der Waals surface area contributed by atoms with Crippen molar-refractivity contribution in [1.82, 2.24) is 15.0 Å². The Bertz CT molecular complexity index is 3540. The average molecular weight is 760 g/mol. The Labute approximate surface area is 344 Å². The molecule has 13 rings (SSSR count). The van der Waals surface area contributed by atoms with Crippen LogP contribution in [0.3, 0.4) is 0 Å². The van der Waals surface area contributed by atoms with Gasteiger partial charge in [0.2, 0.25) is 0 Å². The van der Waals surface area contributed by atoms with Gasteiger partial charge in [0.05, 0.1) is 0 Å². The second kappa shape index (κ2) is 12.7. The molecule has 0 aliphatic carbocycles. The maximum absolute atomic E-state index is 5.50. The summed E-state index contributed by atoms with van der Waals surface area (Å²) in [7, 11) is 0. The van der Waals surface area contributed by atoms with Crippen LogP contribution in [0.25, 0.3) is 131 Å². The number of hydrogen-bond donors (Lipinski definition) is 0. The van der Waals surface area contributed by atoms with E-state index in [1.165, 1.54) is 64.6 Å². The largest absolute Gasteiger partial charge is 0.208 e. The molecule has 0 fully saturated rings. The molecular formula is C57H33N3. The molecule has 0 saturated carbocycles. The van der Waals surface area contributed by atoms with Gasteiger partial charge in [-0.05, 0) is 152 Å². The van der Waals surface area contributed by atoms with Crippen molar-refractivity contribution >= 4 is 97.0 Å². The predicted molar refractivity (Wildman–Crippen MR) is 254 cm³/mol. The lowest BCUT2D eigenvalue weighted by Gasteiger charge is -2.16. The Balaban J connectivity index is 1.15. The fraction of sp³-hybridized carbons (Fsp3) is 0. The van der Waals surface area contributed by atoms with Crippen LogP contribution in [-0.4, -0.2) is 15.0 Å². The van der Waals surface area contributed by atoms with Crippen molar-refractivity contribution < 1.29 is 0 Å². The minimum absolute atomic E-state index is 0.645. The van der Waals surface area contributed by atoms with Crippen LogP contribution in [0.4, 0.5) is 0 Å². The summed E-state index contributed by atoms with van der Waals surface area (Å²) in [6, 6.07) is 72.5. The summed E-state index contributed by atoms with van der Waals surface area (Å²) in [6.45, 7) is 0. The lowest BCUT2D eigenvalue weighted by molar-refractivity contribution is 1.08. The lowest BCUT2D eigenvalue weighted by atomic mass is 9.93. The number of fused-ring (bicyclic) bond motifs is 12. The third-order valence-corrected chi connectivity index (χ3v) is 12.5. The number of nitrogens with zero attached hydrogens (tertiary/aromatic N) is 3. The number of rotatable bonds is 3. The fourth-order valence-corrected chi connectivity index (χ4v) is 9.68. The fourth-order valence-electron chi connectivity index (χ4n) is 9.68. The molecule has 3 nitrogen and oxygen atoms in total. The quantitative estimate of drug-likeness (QED) is 0.133. The van der Waals surface area contributed by atoms with E-state index in [1.807, 2.05) is 0 Å². The van der Waals surface area contributed by atoms with Crippen molar-refractivity contribution in [1.29, 1.82) is 0 Å². The summed E-state index contributed by atoms with van der Waals surface area (Å²) in [5.41, 5.74) is 2.93. The molecule has 1 aromatic heterocycles. The van der Waals surface area contributed by atoms with Crippen LogP contribution in [0.2, 0.25) is 0 Å². The molecule has 0 N–H and O–H groups in total. The van der Waals surface area contributed by atoms with Crippen LogP contribution in [0.15, 0.2) is 200 Å². The molecule has 0 radical (unpaired) electrons. The Morgan fingerprint density at radius 3 is 0.700 bits per heavy atom. The van der Waals surface area contributed by atoms with Gasteiger partial charge in [-0.2, -0.15) is 0 Å².